The molecule has 0 aliphatic heterocycles. The number of unbranched alkanes of at least 4 members (excludes halogenated alkanes) is 3. The average molecular weight is 166 g/mol. The zero-order valence-electron chi connectivity index (χ0n) is 7.83. The summed E-state index contributed by atoms with van der Waals surface area (Å²) in [6, 6.07) is 0. The zero-order chi connectivity index (χ0) is 9.07. The normalized spacial score (nSPS) is 11.4. The largest absolute Gasteiger partial charge is 0.303 e. The highest BCUT2D eigenvalue weighted by Gasteiger charge is 1.79. The number of carbonyl (C=O) groups excluding carboxylic acids is 1. The second-order valence-electron chi connectivity index (χ2n) is 2.75. The van der Waals surface area contributed by atoms with Gasteiger partial charge in [0.15, 0.2) is 0 Å². The van der Waals surface area contributed by atoms with Crippen molar-refractivity contribution < 1.29 is 4.79 Å². The van der Waals surface area contributed by atoms with Crippen LogP contribution in [0, 0.1) is 0 Å². The van der Waals surface area contributed by atoms with Gasteiger partial charge in [0.2, 0.25) is 0 Å². The van der Waals surface area contributed by atoms with Gasteiger partial charge in [-0.15, -0.1) is 0 Å². The molecule has 0 fully saturated rings. The maximum Gasteiger partial charge on any atom is 0.123 e. The molecule has 0 amide bonds. The summed E-state index contributed by atoms with van der Waals surface area (Å²) in [5.41, 5.74) is 0. The molecule has 0 saturated heterocycles. The van der Waals surface area contributed by atoms with Gasteiger partial charge in [-0.1, -0.05) is 44.1 Å². The van der Waals surface area contributed by atoms with Crippen molar-refractivity contribution >= 4 is 6.29 Å². The van der Waals surface area contributed by atoms with Gasteiger partial charge in [0.05, 0.1) is 0 Å². The lowest BCUT2D eigenvalue weighted by atomic mass is 10.2. The smallest absolute Gasteiger partial charge is 0.123 e. The quantitative estimate of drug-likeness (QED) is 0.322. The van der Waals surface area contributed by atoms with Gasteiger partial charge in [0.1, 0.15) is 6.29 Å². The van der Waals surface area contributed by atoms with E-state index in [0.29, 0.717) is 6.42 Å². The van der Waals surface area contributed by atoms with E-state index in [1.165, 1.54) is 19.3 Å². The van der Waals surface area contributed by atoms with Crippen molar-refractivity contribution in [3.8, 4) is 0 Å². The molecule has 0 aliphatic rings. The maximum atomic E-state index is 9.90. The molecule has 0 aromatic rings. The second-order valence-corrected chi connectivity index (χ2v) is 2.75. The first-order valence-corrected chi connectivity index (χ1v) is 4.67. The van der Waals surface area contributed by atoms with Crippen LogP contribution in [0.2, 0.25) is 0 Å². The summed E-state index contributed by atoms with van der Waals surface area (Å²) in [4.78, 5) is 9.90. The fourth-order valence-electron chi connectivity index (χ4n) is 0.900. The molecule has 0 unspecified atom stereocenters. The Morgan fingerprint density at radius 3 is 2.50 bits per heavy atom. The van der Waals surface area contributed by atoms with Crippen LogP contribution < -0.4 is 0 Å². The van der Waals surface area contributed by atoms with Crippen LogP contribution >= 0.6 is 0 Å². The molecule has 0 heterocycles. The van der Waals surface area contributed by atoms with Crippen molar-refractivity contribution in [3.05, 3.63) is 24.3 Å². The Labute approximate surface area is 75.2 Å². The molecule has 0 aromatic heterocycles. The van der Waals surface area contributed by atoms with Crippen LogP contribution in [-0.4, -0.2) is 6.29 Å². The molecule has 0 radical (unpaired) electrons. The highest BCUT2D eigenvalue weighted by molar-refractivity contribution is 5.52. The molecule has 0 aromatic carbocycles. The number of carbonyl (C=O) groups is 1. The van der Waals surface area contributed by atoms with Gasteiger partial charge in [0, 0.05) is 6.42 Å². The summed E-state index contributed by atoms with van der Waals surface area (Å²) in [6.45, 7) is 2.20. The van der Waals surface area contributed by atoms with E-state index in [-0.39, 0.29) is 0 Å². The van der Waals surface area contributed by atoms with Gasteiger partial charge in [0.25, 0.3) is 0 Å². The number of aldehydes is 1. The second kappa shape index (κ2) is 10.2. The van der Waals surface area contributed by atoms with Crippen molar-refractivity contribution in [2.75, 3.05) is 0 Å². The first kappa shape index (κ1) is 11.2. The minimum absolute atomic E-state index is 0.527. The Morgan fingerprint density at radius 1 is 1.08 bits per heavy atom. The molecule has 0 atom stereocenters. The van der Waals surface area contributed by atoms with Crippen LogP contribution in [0.4, 0.5) is 0 Å². The fraction of sp³-hybridized carbons (Fsp3) is 0.545. The molecule has 0 saturated carbocycles. The molecular weight excluding hydrogens is 148 g/mol. The highest BCUT2D eigenvalue weighted by atomic mass is 16.1. The van der Waals surface area contributed by atoms with Crippen LogP contribution in [0.5, 0.6) is 0 Å². The van der Waals surface area contributed by atoms with E-state index in [0.717, 1.165) is 12.7 Å². The molecule has 68 valence electrons. The molecular formula is C11H18O. The Hall–Kier alpha value is -0.850. The molecule has 0 rings (SSSR count). The summed E-state index contributed by atoms with van der Waals surface area (Å²) >= 11 is 0. The van der Waals surface area contributed by atoms with Crippen LogP contribution in [0.15, 0.2) is 24.3 Å². The van der Waals surface area contributed by atoms with Gasteiger partial charge in [-0.2, -0.15) is 0 Å². The van der Waals surface area contributed by atoms with E-state index in [2.05, 4.69) is 13.0 Å². The Morgan fingerprint density at radius 2 is 1.83 bits per heavy atom. The minimum Gasteiger partial charge on any atom is -0.303 e. The van der Waals surface area contributed by atoms with Crippen LogP contribution in [0.25, 0.3) is 0 Å². The summed E-state index contributed by atoms with van der Waals surface area (Å²) in [7, 11) is 0. The van der Waals surface area contributed by atoms with Crippen LogP contribution in [0.1, 0.15) is 39.0 Å². The van der Waals surface area contributed by atoms with E-state index in [1.807, 2.05) is 18.2 Å². The summed E-state index contributed by atoms with van der Waals surface area (Å²) in [6.07, 6.45) is 14.4. The molecule has 1 nitrogen and oxygen atoms in total. The maximum absolute atomic E-state index is 9.90. The van der Waals surface area contributed by atoms with Crippen LogP contribution in [0.3, 0.4) is 0 Å². The third kappa shape index (κ3) is 9.15. The van der Waals surface area contributed by atoms with E-state index in [9.17, 15) is 4.79 Å². The number of rotatable bonds is 7. The standard InChI is InChI=1S/C11H18O/c1-2-3-4-5-6-7-8-9-10-11-12/h6-9,11H,2-5,10H2,1H3. The molecule has 1 heteroatoms. The van der Waals surface area contributed by atoms with Gasteiger partial charge < -0.3 is 4.79 Å². The molecule has 0 N–H and O–H groups in total. The number of hydrogen-bond acceptors (Lipinski definition) is 1. The predicted molar refractivity (Wildman–Crippen MR) is 53.1 cm³/mol. The average Bonchev–Trinajstić information content (AvgIpc) is 2.10. The van der Waals surface area contributed by atoms with Gasteiger partial charge in [-0.05, 0) is 12.8 Å². The van der Waals surface area contributed by atoms with E-state index in [1.54, 1.807) is 0 Å². The van der Waals surface area contributed by atoms with Crippen LogP contribution in [-0.2, 0) is 4.79 Å². The van der Waals surface area contributed by atoms with Gasteiger partial charge in [-0.3, -0.25) is 0 Å². The monoisotopic (exact) mass is 166 g/mol. The summed E-state index contributed by atoms with van der Waals surface area (Å²) in [5.74, 6) is 0. The molecule has 0 bridgehead atoms. The van der Waals surface area contributed by atoms with Gasteiger partial charge >= 0.3 is 0 Å². The van der Waals surface area contributed by atoms with Crippen molar-refractivity contribution in [3.63, 3.8) is 0 Å². The van der Waals surface area contributed by atoms with E-state index < -0.39 is 0 Å². The Bertz CT molecular complexity index is 145. The highest BCUT2D eigenvalue weighted by Crippen LogP contribution is 1.99. The van der Waals surface area contributed by atoms with E-state index in [4.69, 9.17) is 0 Å². The van der Waals surface area contributed by atoms with Crippen molar-refractivity contribution in [2.24, 2.45) is 0 Å². The Kier molecular flexibility index (Phi) is 9.43. The summed E-state index contributed by atoms with van der Waals surface area (Å²) in [5, 5.41) is 0. The number of allylic oxidation sites excluding steroid dienone is 4. The lowest BCUT2D eigenvalue weighted by Crippen LogP contribution is -1.70. The van der Waals surface area contributed by atoms with Crippen molar-refractivity contribution in [1.29, 1.82) is 0 Å². The summed E-state index contributed by atoms with van der Waals surface area (Å²) < 4.78 is 0. The first-order chi connectivity index (χ1) is 5.91. The zero-order valence-corrected chi connectivity index (χ0v) is 7.83. The molecule has 0 spiro atoms. The topological polar surface area (TPSA) is 17.1 Å². The third-order valence-corrected chi connectivity index (χ3v) is 1.59. The Balaban J connectivity index is 3.18. The lowest BCUT2D eigenvalue weighted by molar-refractivity contribution is -0.107. The molecule has 0 aliphatic carbocycles. The lowest BCUT2D eigenvalue weighted by Gasteiger charge is -1.89. The first-order valence-electron chi connectivity index (χ1n) is 4.67. The van der Waals surface area contributed by atoms with Crippen molar-refractivity contribution in [2.45, 2.75) is 39.0 Å². The SMILES string of the molecule is CCCCCC=CC=CCC=O. The molecule has 12 heavy (non-hydrogen) atoms. The fourth-order valence-corrected chi connectivity index (χ4v) is 0.900. The van der Waals surface area contributed by atoms with Gasteiger partial charge in [-0.25, -0.2) is 0 Å². The minimum atomic E-state index is 0.527. The number of hydrogen-bond donors (Lipinski definition) is 0. The predicted octanol–water partition coefficient (Wildman–Crippen LogP) is 3.27. The third-order valence-electron chi connectivity index (χ3n) is 1.59. The van der Waals surface area contributed by atoms with Crippen molar-refractivity contribution in [1.82, 2.24) is 0 Å². The van der Waals surface area contributed by atoms with E-state index >= 15 is 0 Å².